The molecule has 1 heterocycles. The topological polar surface area (TPSA) is 72.9 Å². The highest BCUT2D eigenvalue weighted by molar-refractivity contribution is 6.30. The van der Waals surface area contributed by atoms with Crippen LogP contribution in [-0.2, 0) is 4.79 Å². The summed E-state index contributed by atoms with van der Waals surface area (Å²) in [7, 11) is 0. The first-order valence-electron chi connectivity index (χ1n) is 6.82. The molecule has 1 fully saturated rings. The van der Waals surface area contributed by atoms with Crippen LogP contribution >= 0.6 is 11.6 Å². The van der Waals surface area contributed by atoms with Gasteiger partial charge < -0.3 is 15.3 Å². The predicted octanol–water partition coefficient (Wildman–Crippen LogP) is 1.65. The number of benzene rings is 1. The summed E-state index contributed by atoms with van der Waals surface area (Å²) < 4.78 is 0. The van der Waals surface area contributed by atoms with E-state index < -0.39 is 5.97 Å². The van der Waals surface area contributed by atoms with E-state index in [2.05, 4.69) is 5.32 Å². The summed E-state index contributed by atoms with van der Waals surface area (Å²) in [5.41, 5.74) is 0.493. The number of amides is 2. The molecule has 1 aliphatic rings. The summed E-state index contributed by atoms with van der Waals surface area (Å²) >= 11 is 5.93. The van der Waals surface area contributed by atoms with Gasteiger partial charge in [-0.3, -0.25) is 9.69 Å². The monoisotopic (exact) mass is 311 g/mol. The molecule has 1 aromatic carbocycles. The van der Waals surface area contributed by atoms with Crippen molar-refractivity contribution in [3.63, 3.8) is 0 Å². The first-order chi connectivity index (χ1) is 10.1. The predicted molar refractivity (Wildman–Crippen MR) is 80.9 cm³/mol. The van der Waals surface area contributed by atoms with Crippen molar-refractivity contribution < 1.29 is 14.7 Å². The van der Waals surface area contributed by atoms with Gasteiger partial charge in [0.2, 0.25) is 0 Å². The zero-order chi connectivity index (χ0) is 15.2. The van der Waals surface area contributed by atoms with Crippen LogP contribution in [0.5, 0.6) is 0 Å². The van der Waals surface area contributed by atoms with Crippen molar-refractivity contribution in [2.75, 3.05) is 37.6 Å². The molecule has 1 saturated heterocycles. The Hall–Kier alpha value is -1.79. The molecule has 0 saturated carbocycles. The molecular weight excluding hydrogens is 294 g/mol. The van der Waals surface area contributed by atoms with Gasteiger partial charge >= 0.3 is 12.0 Å². The molecule has 1 aliphatic heterocycles. The Labute approximate surface area is 128 Å². The van der Waals surface area contributed by atoms with E-state index in [-0.39, 0.29) is 12.6 Å². The van der Waals surface area contributed by atoms with Crippen molar-refractivity contribution in [1.29, 1.82) is 0 Å². The summed E-state index contributed by atoms with van der Waals surface area (Å²) in [5.74, 6) is -1.06. The maximum absolute atomic E-state index is 12.6. The van der Waals surface area contributed by atoms with Gasteiger partial charge in [-0.05, 0) is 31.2 Å². The third-order valence-corrected chi connectivity index (χ3v) is 3.49. The molecule has 114 valence electrons. The van der Waals surface area contributed by atoms with Crippen molar-refractivity contribution in [2.45, 2.75) is 6.42 Å². The second kappa shape index (κ2) is 7.28. The Morgan fingerprint density at radius 1 is 1.33 bits per heavy atom. The molecular formula is C14H18ClN3O3. The van der Waals surface area contributed by atoms with Crippen LogP contribution in [0.25, 0.3) is 0 Å². The Morgan fingerprint density at radius 3 is 2.86 bits per heavy atom. The number of urea groups is 1. The van der Waals surface area contributed by atoms with Crippen LogP contribution in [-0.4, -0.2) is 54.7 Å². The fraction of sp³-hybridized carbons (Fsp3) is 0.429. The summed E-state index contributed by atoms with van der Waals surface area (Å²) in [6, 6.07) is 6.36. The minimum absolute atomic E-state index is 0.302. The molecule has 21 heavy (non-hydrogen) atoms. The smallest absolute Gasteiger partial charge is 0.325 e. The first-order valence-corrected chi connectivity index (χ1v) is 7.20. The standard InChI is InChI=1S/C14H18ClN3O3/c15-11-3-1-4-12(9-11)18(10-13(19)20)14(21)17-7-2-5-16-6-8-17/h1,3-4,9,16H,2,5-8,10H2,(H,19,20). The lowest BCUT2D eigenvalue weighted by Gasteiger charge is -2.28. The second-order valence-corrected chi connectivity index (χ2v) is 5.27. The lowest BCUT2D eigenvalue weighted by atomic mass is 10.3. The lowest BCUT2D eigenvalue weighted by molar-refractivity contribution is -0.135. The molecule has 6 nitrogen and oxygen atoms in total. The van der Waals surface area contributed by atoms with Crippen LogP contribution in [0.3, 0.4) is 0 Å². The van der Waals surface area contributed by atoms with E-state index in [0.717, 1.165) is 13.0 Å². The SMILES string of the molecule is O=C(O)CN(C(=O)N1CCCNCC1)c1cccc(Cl)c1. The number of hydrogen-bond acceptors (Lipinski definition) is 3. The molecule has 0 unspecified atom stereocenters. The van der Waals surface area contributed by atoms with E-state index in [4.69, 9.17) is 16.7 Å². The molecule has 0 aliphatic carbocycles. The molecule has 0 spiro atoms. The van der Waals surface area contributed by atoms with Crippen LogP contribution in [0.15, 0.2) is 24.3 Å². The number of nitrogens with zero attached hydrogens (tertiary/aromatic N) is 2. The van der Waals surface area contributed by atoms with E-state index >= 15 is 0 Å². The number of carboxylic acid groups (broad SMARTS) is 1. The third kappa shape index (κ3) is 4.34. The minimum Gasteiger partial charge on any atom is -0.480 e. The number of halogens is 1. The van der Waals surface area contributed by atoms with E-state index in [9.17, 15) is 9.59 Å². The maximum Gasteiger partial charge on any atom is 0.325 e. The number of carbonyl (C=O) groups is 2. The van der Waals surface area contributed by atoms with Gasteiger partial charge in [0, 0.05) is 30.3 Å². The van der Waals surface area contributed by atoms with E-state index in [0.29, 0.717) is 30.3 Å². The first kappa shape index (κ1) is 15.6. The van der Waals surface area contributed by atoms with Crippen LogP contribution < -0.4 is 10.2 Å². The third-order valence-electron chi connectivity index (χ3n) is 3.25. The quantitative estimate of drug-likeness (QED) is 0.890. The number of carboxylic acids is 1. The minimum atomic E-state index is -1.06. The van der Waals surface area contributed by atoms with E-state index in [1.165, 1.54) is 4.90 Å². The van der Waals surface area contributed by atoms with Crippen LogP contribution in [0.4, 0.5) is 10.5 Å². The molecule has 0 aromatic heterocycles. The van der Waals surface area contributed by atoms with Gasteiger partial charge in [-0.15, -0.1) is 0 Å². The van der Waals surface area contributed by atoms with Crippen LogP contribution in [0, 0.1) is 0 Å². The van der Waals surface area contributed by atoms with E-state index in [1.54, 1.807) is 29.2 Å². The van der Waals surface area contributed by atoms with Crippen molar-refractivity contribution in [2.24, 2.45) is 0 Å². The number of nitrogens with one attached hydrogen (secondary N) is 1. The van der Waals surface area contributed by atoms with Gasteiger partial charge in [0.25, 0.3) is 0 Å². The normalized spacial score (nSPS) is 15.4. The summed E-state index contributed by atoms with van der Waals surface area (Å²) in [4.78, 5) is 26.6. The number of hydrogen-bond donors (Lipinski definition) is 2. The number of aliphatic carboxylic acids is 1. The lowest BCUT2D eigenvalue weighted by Crippen LogP contribution is -2.46. The molecule has 1 aromatic rings. The number of carbonyl (C=O) groups excluding carboxylic acids is 1. The highest BCUT2D eigenvalue weighted by Gasteiger charge is 2.25. The Bertz CT molecular complexity index is 516. The van der Waals surface area contributed by atoms with Crippen molar-refractivity contribution in [3.8, 4) is 0 Å². The zero-order valence-corrected chi connectivity index (χ0v) is 12.3. The summed E-state index contributed by atoms with van der Waals surface area (Å²) in [6.45, 7) is 2.36. The molecule has 2 rings (SSSR count). The molecule has 0 radical (unpaired) electrons. The number of anilines is 1. The fourth-order valence-electron chi connectivity index (χ4n) is 2.26. The van der Waals surface area contributed by atoms with Crippen molar-refractivity contribution >= 4 is 29.3 Å². The van der Waals surface area contributed by atoms with Crippen LogP contribution in [0.1, 0.15) is 6.42 Å². The van der Waals surface area contributed by atoms with Crippen molar-refractivity contribution in [1.82, 2.24) is 10.2 Å². The molecule has 2 N–H and O–H groups in total. The Morgan fingerprint density at radius 2 is 2.14 bits per heavy atom. The highest BCUT2D eigenvalue weighted by atomic mass is 35.5. The van der Waals surface area contributed by atoms with Gasteiger partial charge in [-0.25, -0.2) is 4.79 Å². The Balaban J connectivity index is 2.22. The summed E-state index contributed by atoms with van der Waals surface area (Å²) in [6.07, 6.45) is 0.849. The largest absolute Gasteiger partial charge is 0.480 e. The molecule has 2 amide bonds. The van der Waals surface area contributed by atoms with Gasteiger partial charge in [-0.1, -0.05) is 17.7 Å². The Kier molecular flexibility index (Phi) is 5.41. The zero-order valence-electron chi connectivity index (χ0n) is 11.6. The van der Waals surface area contributed by atoms with Gasteiger partial charge in [0.1, 0.15) is 6.54 Å². The van der Waals surface area contributed by atoms with Gasteiger partial charge in [-0.2, -0.15) is 0 Å². The van der Waals surface area contributed by atoms with Gasteiger partial charge in [0.15, 0.2) is 0 Å². The summed E-state index contributed by atoms with van der Waals surface area (Å²) in [5, 5.41) is 12.7. The number of rotatable bonds is 3. The molecule has 7 heteroatoms. The fourth-order valence-corrected chi connectivity index (χ4v) is 2.44. The van der Waals surface area contributed by atoms with Crippen LogP contribution in [0.2, 0.25) is 5.02 Å². The molecule has 0 atom stereocenters. The highest BCUT2D eigenvalue weighted by Crippen LogP contribution is 2.21. The van der Waals surface area contributed by atoms with E-state index in [1.807, 2.05) is 0 Å². The maximum atomic E-state index is 12.6. The van der Waals surface area contributed by atoms with Crippen molar-refractivity contribution in [3.05, 3.63) is 29.3 Å². The molecule has 0 bridgehead atoms. The van der Waals surface area contributed by atoms with Gasteiger partial charge in [0.05, 0.1) is 0 Å². The average molecular weight is 312 g/mol. The second-order valence-electron chi connectivity index (χ2n) is 4.83. The average Bonchev–Trinajstić information content (AvgIpc) is 2.73.